The summed E-state index contributed by atoms with van der Waals surface area (Å²) in [6.45, 7) is 7.19. The zero-order chi connectivity index (χ0) is 21.2. The number of amides is 1. The van der Waals surface area contributed by atoms with Gasteiger partial charge >= 0.3 is 15.2 Å². The third-order valence-electron chi connectivity index (χ3n) is 3.25. The Morgan fingerprint density at radius 2 is 1.46 bits per heavy atom. The highest BCUT2D eigenvalue weighted by Gasteiger charge is 2.33. The van der Waals surface area contributed by atoms with Crippen LogP contribution in [0.2, 0.25) is 0 Å². The van der Waals surface area contributed by atoms with Crippen molar-refractivity contribution >= 4 is 21.1 Å². The van der Waals surface area contributed by atoms with Crippen LogP contribution in [-0.2, 0) is 39.5 Å². The van der Waals surface area contributed by atoms with E-state index in [2.05, 4.69) is 10.0 Å². The molecule has 0 spiro atoms. The first-order chi connectivity index (χ1) is 13.3. The lowest BCUT2D eigenvalue weighted by atomic mass is 10.3. The van der Waals surface area contributed by atoms with E-state index < -0.39 is 21.1 Å². The third kappa shape index (κ3) is 7.18. The second kappa shape index (κ2) is 11.5. The maximum absolute atomic E-state index is 12.9. The fourth-order valence-electron chi connectivity index (χ4n) is 2.36. The molecule has 1 aromatic heterocycles. The second-order valence-electron chi connectivity index (χ2n) is 5.26. The Morgan fingerprint density at radius 1 is 1.00 bits per heavy atom. The Hall–Kier alpha value is -1.44. The van der Waals surface area contributed by atoms with Crippen LogP contribution < -0.4 is 0 Å². The van der Waals surface area contributed by atoms with Crippen LogP contribution in [0.5, 0.6) is 0 Å². The lowest BCUT2D eigenvalue weighted by Crippen LogP contribution is -2.02. The van der Waals surface area contributed by atoms with Gasteiger partial charge in [0.15, 0.2) is 5.76 Å². The minimum absolute atomic E-state index is 0.0568. The van der Waals surface area contributed by atoms with E-state index in [0.29, 0.717) is 0 Å². The normalized spacial score (nSPS) is 12.0. The highest BCUT2D eigenvalue weighted by atomic mass is 31.2. The highest BCUT2D eigenvalue weighted by molar-refractivity contribution is 7.53. The van der Waals surface area contributed by atoms with Crippen molar-refractivity contribution in [3.8, 4) is 0 Å². The molecule has 1 rings (SSSR count). The van der Waals surface area contributed by atoms with E-state index >= 15 is 0 Å². The fourth-order valence-corrected chi connectivity index (χ4v) is 5.75. The van der Waals surface area contributed by atoms with Gasteiger partial charge < -0.3 is 22.5 Å². The lowest BCUT2D eigenvalue weighted by molar-refractivity contribution is 0.0972. The Morgan fingerprint density at radius 3 is 1.89 bits per heavy atom. The molecular formula is C15H25N3O8P2. The lowest BCUT2D eigenvalue weighted by Gasteiger charge is -2.18. The summed E-state index contributed by atoms with van der Waals surface area (Å²) in [5, 5.41) is 2.97. The standard InChI is InChI=1S/C15H25N3O8P2/c1-5-22-27(20,23-6-2)10-12-9-13(15(19)17-18-16)26-14(12)11-28(21,24-7-3)25-8-4/h9H,5-8,10-11H2,1-4H3. The van der Waals surface area contributed by atoms with Gasteiger partial charge in [0.25, 0.3) is 5.91 Å². The fraction of sp³-hybridized carbons (Fsp3) is 0.667. The maximum Gasteiger partial charge on any atom is 0.338 e. The summed E-state index contributed by atoms with van der Waals surface area (Å²) in [5.41, 5.74) is 8.72. The summed E-state index contributed by atoms with van der Waals surface area (Å²) in [6, 6.07) is 1.26. The molecule has 0 fully saturated rings. The van der Waals surface area contributed by atoms with Crippen LogP contribution in [0.4, 0.5) is 0 Å². The maximum atomic E-state index is 12.9. The molecule has 0 aliphatic heterocycles. The zero-order valence-corrected chi connectivity index (χ0v) is 18.1. The molecule has 11 nitrogen and oxygen atoms in total. The molecule has 1 heterocycles. The van der Waals surface area contributed by atoms with Gasteiger partial charge in [-0.2, -0.15) is 0 Å². The van der Waals surface area contributed by atoms with Gasteiger partial charge in [0.1, 0.15) is 11.9 Å². The predicted octanol–water partition coefficient (Wildman–Crippen LogP) is 5.26. The summed E-state index contributed by atoms with van der Waals surface area (Å²) in [6.07, 6.45) is -0.527. The van der Waals surface area contributed by atoms with Gasteiger partial charge in [0, 0.05) is 10.5 Å². The molecule has 0 radical (unpaired) electrons. The van der Waals surface area contributed by atoms with Gasteiger partial charge in [-0.1, -0.05) is 0 Å². The molecule has 158 valence electrons. The number of hydrogen-bond acceptors (Lipinski definition) is 8. The monoisotopic (exact) mass is 437 g/mol. The van der Waals surface area contributed by atoms with Crippen LogP contribution in [0.25, 0.3) is 10.4 Å². The van der Waals surface area contributed by atoms with Crippen LogP contribution in [0.15, 0.2) is 15.6 Å². The van der Waals surface area contributed by atoms with Crippen molar-refractivity contribution in [1.82, 2.24) is 0 Å². The first-order valence-corrected chi connectivity index (χ1v) is 12.2. The van der Waals surface area contributed by atoms with Gasteiger partial charge in [-0.15, -0.1) is 0 Å². The van der Waals surface area contributed by atoms with Gasteiger partial charge in [-0.05, 0) is 44.4 Å². The van der Waals surface area contributed by atoms with E-state index in [1.165, 1.54) is 6.07 Å². The Balaban J connectivity index is 3.35. The molecule has 0 bridgehead atoms. The van der Waals surface area contributed by atoms with Crippen LogP contribution >= 0.6 is 15.2 Å². The summed E-state index contributed by atoms with van der Waals surface area (Å²) in [4.78, 5) is 14.3. The summed E-state index contributed by atoms with van der Waals surface area (Å²) < 4.78 is 52.2. The average molecular weight is 437 g/mol. The van der Waals surface area contributed by atoms with E-state index in [9.17, 15) is 13.9 Å². The van der Waals surface area contributed by atoms with Crippen LogP contribution in [-0.4, -0.2) is 32.3 Å². The zero-order valence-electron chi connectivity index (χ0n) is 16.3. The van der Waals surface area contributed by atoms with Crippen molar-refractivity contribution in [3.05, 3.63) is 33.6 Å². The van der Waals surface area contributed by atoms with E-state index in [4.69, 9.17) is 28.0 Å². The Bertz CT molecular complexity index is 734. The molecule has 1 amide bonds. The van der Waals surface area contributed by atoms with Crippen molar-refractivity contribution in [3.63, 3.8) is 0 Å². The van der Waals surface area contributed by atoms with Crippen molar-refractivity contribution in [1.29, 1.82) is 0 Å². The molecule has 0 N–H and O–H groups in total. The summed E-state index contributed by atoms with van der Waals surface area (Å²) in [7, 11) is -7.12. The molecule has 0 atom stereocenters. The number of azide groups is 1. The molecule has 0 unspecified atom stereocenters. The largest absolute Gasteiger partial charge is 0.457 e. The number of nitrogens with zero attached hydrogens (tertiary/aromatic N) is 3. The summed E-state index contributed by atoms with van der Waals surface area (Å²) >= 11 is 0. The van der Waals surface area contributed by atoms with Gasteiger partial charge in [-0.3, -0.25) is 13.9 Å². The quantitative estimate of drug-likeness (QED) is 0.175. The number of hydrogen-bond donors (Lipinski definition) is 0. The van der Waals surface area contributed by atoms with Crippen LogP contribution in [0.1, 0.15) is 49.6 Å². The Kier molecular flexibility index (Phi) is 10.1. The minimum Gasteiger partial charge on any atom is -0.457 e. The first-order valence-electron chi connectivity index (χ1n) is 8.73. The molecule has 1 aromatic rings. The summed E-state index contributed by atoms with van der Waals surface area (Å²) in [5.74, 6) is -1.21. The molecule has 0 aromatic carbocycles. The van der Waals surface area contributed by atoms with E-state index in [-0.39, 0.29) is 55.8 Å². The number of carbonyl (C=O) groups excluding carboxylic acids is 1. The SMILES string of the molecule is CCOP(=O)(Cc1cc(C(=O)N=[N+]=[N-])oc1CP(=O)(OCC)OCC)OCC. The van der Waals surface area contributed by atoms with E-state index in [1.807, 2.05) is 0 Å². The molecule has 13 heteroatoms. The third-order valence-corrected chi connectivity index (χ3v) is 7.26. The minimum atomic E-state index is -3.58. The predicted molar refractivity (Wildman–Crippen MR) is 101 cm³/mol. The Labute approximate surface area is 163 Å². The molecule has 28 heavy (non-hydrogen) atoms. The van der Waals surface area contributed by atoms with Crippen molar-refractivity contribution in [2.24, 2.45) is 5.11 Å². The molecule has 0 aliphatic rings. The molecular weight excluding hydrogens is 412 g/mol. The number of carbonyl (C=O) groups is 1. The van der Waals surface area contributed by atoms with Gasteiger partial charge in [0.05, 0.1) is 32.6 Å². The van der Waals surface area contributed by atoms with Gasteiger partial charge in [-0.25, -0.2) is 0 Å². The van der Waals surface area contributed by atoms with E-state index in [1.54, 1.807) is 27.7 Å². The molecule has 0 saturated heterocycles. The molecule has 0 saturated carbocycles. The topological polar surface area (TPSA) is 150 Å². The van der Waals surface area contributed by atoms with Crippen molar-refractivity contribution in [2.45, 2.75) is 40.0 Å². The number of rotatable bonds is 13. The first kappa shape index (κ1) is 24.6. The van der Waals surface area contributed by atoms with Crippen LogP contribution in [0.3, 0.4) is 0 Å². The number of furan rings is 1. The van der Waals surface area contributed by atoms with Crippen LogP contribution in [0, 0.1) is 0 Å². The average Bonchev–Trinajstić information content (AvgIpc) is 2.97. The second-order valence-corrected chi connectivity index (χ2v) is 9.37. The smallest absolute Gasteiger partial charge is 0.338 e. The molecule has 0 aliphatic carbocycles. The van der Waals surface area contributed by atoms with E-state index in [0.717, 1.165) is 0 Å². The van der Waals surface area contributed by atoms with Crippen molar-refractivity contribution in [2.75, 3.05) is 26.4 Å². The van der Waals surface area contributed by atoms with Crippen molar-refractivity contribution < 1.29 is 36.4 Å². The van der Waals surface area contributed by atoms with Gasteiger partial charge in [0.2, 0.25) is 0 Å². The highest BCUT2D eigenvalue weighted by Crippen LogP contribution is 2.55.